The highest BCUT2D eigenvalue weighted by Crippen LogP contribution is 2.34. The second kappa shape index (κ2) is 4.96. The summed E-state index contributed by atoms with van der Waals surface area (Å²) >= 11 is 0. The first-order chi connectivity index (χ1) is 9.50. The molecule has 3 rings (SSSR count). The number of nitrogens with one attached hydrogen (secondary N) is 1. The summed E-state index contributed by atoms with van der Waals surface area (Å²) in [4.78, 5) is 19.0. The number of nitrogens with zero attached hydrogens (tertiary/aromatic N) is 8. The Morgan fingerprint density at radius 3 is 1.75 bits per heavy atom. The summed E-state index contributed by atoms with van der Waals surface area (Å²) in [6, 6.07) is 0. The third-order valence-corrected chi connectivity index (χ3v) is 1.92. The van der Waals surface area contributed by atoms with Gasteiger partial charge in [0.15, 0.2) is 5.82 Å². The molecule has 0 aromatic carbocycles. The number of fused-ring (bicyclic) bond motifs is 1. The number of anilines is 1. The van der Waals surface area contributed by atoms with Crippen LogP contribution in [0.3, 0.4) is 0 Å². The number of azo groups is 2. The van der Waals surface area contributed by atoms with E-state index in [2.05, 4.69) is 35.9 Å². The summed E-state index contributed by atoms with van der Waals surface area (Å²) in [5, 5.41) is 42.7. The van der Waals surface area contributed by atoms with Crippen LogP contribution in [0.4, 0.5) is 5.82 Å². The molecule has 0 amide bonds. The molecule has 2 aliphatic heterocycles. The predicted molar refractivity (Wildman–Crippen MR) is 58.5 cm³/mol. The molecule has 20 heavy (non-hydrogen) atoms. The van der Waals surface area contributed by atoms with Crippen molar-refractivity contribution in [3.63, 3.8) is 0 Å². The van der Waals surface area contributed by atoms with E-state index in [0.717, 1.165) is 0 Å². The van der Waals surface area contributed by atoms with E-state index in [0.29, 0.717) is 5.82 Å². The number of H-pyrrole nitrogens is 1. The van der Waals surface area contributed by atoms with Crippen LogP contribution in [0.25, 0.3) is 0 Å². The molecule has 1 aromatic rings. The fourth-order valence-electron chi connectivity index (χ4n) is 1.14. The summed E-state index contributed by atoms with van der Waals surface area (Å²) in [7, 11) is 0. The van der Waals surface area contributed by atoms with Gasteiger partial charge in [-0.05, 0) is 20.1 Å². The average Bonchev–Trinajstić information content (AvgIpc) is 3.03. The van der Waals surface area contributed by atoms with Crippen molar-refractivity contribution in [3.05, 3.63) is 49.5 Å². The number of rotatable bonds is 2. The van der Waals surface area contributed by atoms with Gasteiger partial charge < -0.3 is 26.0 Å². The van der Waals surface area contributed by atoms with Gasteiger partial charge in [-0.1, -0.05) is 0 Å². The number of aromatic nitrogens is 3. The summed E-state index contributed by atoms with van der Waals surface area (Å²) in [6.07, 6.45) is 1.44. The number of hydrogen-bond acceptors (Lipinski definition) is 11. The first kappa shape index (κ1) is 12.9. The lowest BCUT2D eigenvalue weighted by Gasteiger charge is -1.85. The maximum absolute atomic E-state index is 10.3. The predicted octanol–water partition coefficient (Wildman–Crippen LogP) is 0.197. The quantitative estimate of drug-likeness (QED) is 0.567. The van der Waals surface area contributed by atoms with E-state index in [-0.39, 0.29) is 11.4 Å². The molecule has 2 aliphatic rings. The van der Waals surface area contributed by atoms with E-state index in [9.17, 15) is 20.2 Å². The highest BCUT2D eigenvalue weighted by atomic mass is 16.6. The van der Waals surface area contributed by atoms with Crippen molar-refractivity contribution in [2.45, 2.75) is 0 Å². The highest BCUT2D eigenvalue weighted by Gasteiger charge is 2.42. The summed E-state index contributed by atoms with van der Waals surface area (Å²) in [5.74, 6) is -0.823. The molecular weight excluding hydrogens is 276 g/mol. The highest BCUT2D eigenvalue weighted by molar-refractivity contribution is 5.38. The molecule has 0 aliphatic carbocycles. The number of aromatic amines is 1. The van der Waals surface area contributed by atoms with E-state index in [1.165, 1.54) is 6.20 Å². The third kappa shape index (κ3) is 2.33. The molecule has 0 spiro atoms. The second-order valence-corrected chi connectivity index (χ2v) is 3.15. The molecule has 102 valence electrons. The van der Waals surface area contributed by atoms with Crippen molar-refractivity contribution < 1.29 is 9.85 Å². The van der Waals surface area contributed by atoms with Gasteiger partial charge in [0.25, 0.3) is 0 Å². The number of hydrogen-bond donors (Lipinski definition) is 2. The molecule has 0 saturated heterocycles. The summed E-state index contributed by atoms with van der Waals surface area (Å²) in [6.45, 7) is 0. The second-order valence-electron chi connectivity index (χ2n) is 3.15. The number of nitrogen functional groups attached to an aromatic ring is 1. The normalized spacial score (nSPS) is 15.2. The fourth-order valence-corrected chi connectivity index (χ4v) is 1.14. The minimum atomic E-state index is -0.826. The van der Waals surface area contributed by atoms with Gasteiger partial charge in [0, 0.05) is 0 Å². The Kier molecular flexibility index (Phi) is 3.19. The van der Waals surface area contributed by atoms with Crippen LogP contribution < -0.4 is 5.73 Å². The maximum Gasteiger partial charge on any atom is 0.423 e. The van der Waals surface area contributed by atoms with Crippen LogP contribution in [0, 0.1) is 20.2 Å². The van der Waals surface area contributed by atoms with E-state index in [1.807, 2.05) is 0 Å². The van der Waals surface area contributed by atoms with Crippen LogP contribution >= 0.6 is 0 Å². The molecule has 1 aromatic heterocycles. The first-order valence-electron chi connectivity index (χ1n) is 4.73. The zero-order valence-electron chi connectivity index (χ0n) is 9.37. The van der Waals surface area contributed by atoms with Crippen LogP contribution in [0.15, 0.2) is 49.7 Å². The van der Waals surface area contributed by atoms with Crippen LogP contribution in [-0.4, -0.2) is 25.3 Å². The van der Waals surface area contributed by atoms with Gasteiger partial charge in [0.05, 0.1) is 16.4 Å². The zero-order valence-corrected chi connectivity index (χ0v) is 9.37. The minimum absolute atomic E-state index is 0.262. The molecule has 0 unspecified atom stereocenters. The van der Waals surface area contributed by atoms with Crippen molar-refractivity contribution in [3.8, 4) is 0 Å². The van der Waals surface area contributed by atoms with Gasteiger partial charge in [-0.2, -0.15) is 10.3 Å². The number of nitro groups is 2. The smallest absolute Gasteiger partial charge is 0.381 e. The zero-order chi connectivity index (χ0) is 14.7. The van der Waals surface area contributed by atoms with Crippen molar-refractivity contribution >= 4 is 5.82 Å². The monoisotopic (exact) mass is 280 g/mol. The molecule has 14 heteroatoms. The largest absolute Gasteiger partial charge is 0.423 e. The van der Waals surface area contributed by atoms with E-state index in [4.69, 9.17) is 5.73 Å². The molecule has 0 bridgehead atoms. The summed E-state index contributed by atoms with van der Waals surface area (Å²) in [5.41, 5.74) is 4.55. The Bertz CT molecular complexity index is 639. The lowest BCUT2D eigenvalue weighted by atomic mass is 10.3. The molecule has 14 nitrogen and oxygen atoms in total. The lowest BCUT2D eigenvalue weighted by Crippen LogP contribution is -1.97. The van der Waals surface area contributed by atoms with Crippen LogP contribution in [0.5, 0.6) is 0 Å². The Morgan fingerprint density at radius 1 is 1.00 bits per heavy atom. The van der Waals surface area contributed by atoms with Gasteiger partial charge in [-0.3, -0.25) is 0 Å². The molecule has 3 N–H and O–H groups in total. The van der Waals surface area contributed by atoms with Gasteiger partial charge in [-0.25, -0.2) is 0 Å². The Hall–Kier alpha value is -3.58. The minimum Gasteiger partial charge on any atom is -0.381 e. The topological polar surface area (TPSA) is 203 Å². The van der Waals surface area contributed by atoms with Crippen LogP contribution in [-0.2, 0) is 0 Å². The Morgan fingerprint density at radius 2 is 1.50 bits per heavy atom. The standard InChI is InChI=1S/C4N6O4.C2H4N4/c11-9(12)3-1-2(6-7-3)4(8-5-1)10(13)14;3-2-1-4-6-5-2/h;1H,(H3,3,4,5,6). The van der Waals surface area contributed by atoms with E-state index in [1.54, 1.807) is 0 Å². The SMILES string of the molecule is Nc1cn[nH]n1.O=[N+]([O-])C1=C2N=NC([N+](=O)[O-])=C2N=N1. The van der Waals surface area contributed by atoms with Gasteiger partial charge in [0.1, 0.15) is 0 Å². The lowest BCUT2D eigenvalue weighted by molar-refractivity contribution is -0.427. The van der Waals surface area contributed by atoms with E-state index >= 15 is 0 Å². The molecule has 0 fully saturated rings. The van der Waals surface area contributed by atoms with Crippen molar-refractivity contribution in [1.82, 2.24) is 15.4 Å². The molecule has 0 atom stereocenters. The molecule has 0 radical (unpaired) electrons. The van der Waals surface area contributed by atoms with E-state index < -0.39 is 21.5 Å². The number of nitrogens with two attached hydrogens (primary N) is 1. The summed E-state index contributed by atoms with van der Waals surface area (Å²) < 4.78 is 0. The molecule has 3 heterocycles. The van der Waals surface area contributed by atoms with Crippen molar-refractivity contribution in [2.75, 3.05) is 5.73 Å². The maximum atomic E-state index is 10.3. The van der Waals surface area contributed by atoms with Gasteiger partial charge in [0.2, 0.25) is 11.4 Å². The Labute approximate surface area is 108 Å². The molecular formula is C6H4N10O4. The third-order valence-electron chi connectivity index (χ3n) is 1.92. The molecule has 0 saturated carbocycles. The average molecular weight is 280 g/mol. The van der Waals surface area contributed by atoms with Gasteiger partial charge >= 0.3 is 11.6 Å². The van der Waals surface area contributed by atoms with Crippen LogP contribution in [0.1, 0.15) is 0 Å². The van der Waals surface area contributed by atoms with Crippen LogP contribution in [0.2, 0.25) is 0 Å². The first-order valence-corrected chi connectivity index (χ1v) is 4.73. The van der Waals surface area contributed by atoms with Crippen molar-refractivity contribution in [2.24, 2.45) is 20.5 Å². The van der Waals surface area contributed by atoms with Gasteiger partial charge in [-0.15, -0.1) is 5.10 Å². The fraction of sp³-hybridized carbons (Fsp3) is 0. The Balaban J connectivity index is 0.000000205. The van der Waals surface area contributed by atoms with Crippen molar-refractivity contribution in [1.29, 1.82) is 0 Å².